The fourth-order valence-electron chi connectivity index (χ4n) is 3.95. The van der Waals surface area contributed by atoms with Crippen LogP contribution in [0.15, 0.2) is 30.3 Å². The molecule has 1 saturated heterocycles. The Morgan fingerprint density at radius 1 is 1.09 bits per heavy atom. The van der Waals surface area contributed by atoms with Crippen molar-refractivity contribution in [1.82, 2.24) is 21.3 Å². The van der Waals surface area contributed by atoms with Crippen LogP contribution in [0.1, 0.15) is 45.1 Å². The molecule has 1 fully saturated rings. The van der Waals surface area contributed by atoms with E-state index in [1.165, 1.54) is 11.8 Å². The van der Waals surface area contributed by atoms with Gasteiger partial charge in [-0.2, -0.15) is 11.8 Å². The summed E-state index contributed by atoms with van der Waals surface area (Å²) in [6.45, 7) is 4.48. The second-order valence-electron chi connectivity index (χ2n) is 8.95. The van der Waals surface area contributed by atoms with Crippen LogP contribution in [0.5, 0.6) is 0 Å². The first-order valence-electron chi connectivity index (χ1n) is 12.2. The van der Waals surface area contributed by atoms with E-state index in [0.29, 0.717) is 18.6 Å². The van der Waals surface area contributed by atoms with Crippen molar-refractivity contribution >= 4 is 35.5 Å². The van der Waals surface area contributed by atoms with Crippen LogP contribution in [0, 0.1) is 5.92 Å². The molecular formula is C25H38N4O5S. The van der Waals surface area contributed by atoms with Crippen LogP contribution in [-0.4, -0.2) is 71.5 Å². The molecule has 3 amide bonds. The molecule has 0 bridgehead atoms. The third-order valence-electron chi connectivity index (χ3n) is 6.31. The maximum absolute atomic E-state index is 13.4. The summed E-state index contributed by atoms with van der Waals surface area (Å²) in [6.07, 6.45) is 4.62. The molecule has 1 aromatic rings. The number of rotatable bonds is 14. The predicted molar refractivity (Wildman–Crippen MR) is 137 cm³/mol. The molecule has 1 aliphatic heterocycles. The Kier molecular flexibility index (Phi) is 12.1. The highest BCUT2D eigenvalue weighted by molar-refractivity contribution is 7.98. The number of nitrogens with one attached hydrogen (secondary N) is 4. The van der Waals surface area contributed by atoms with Gasteiger partial charge in [-0.3, -0.25) is 14.4 Å². The molecule has 2 rings (SSSR count). The number of carboxylic acid groups (broad SMARTS) is 1. The molecule has 194 valence electrons. The van der Waals surface area contributed by atoms with E-state index in [2.05, 4.69) is 21.3 Å². The average molecular weight is 507 g/mol. The van der Waals surface area contributed by atoms with Crippen LogP contribution >= 0.6 is 11.8 Å². The molecule has 35 heavy (non-hydrogen) atoms. The number of carboxylic acids is 1. The summed E-state index contributed by atoms with van der Waals surface area (Å²) < 4.78 is 0. The molecule has 1 aromatic carbocycles. The van der Waals surface area contributed by atoms with E-state index in [-0.39, 0.29) is 30.7 Å². The van der Waals surface area contributed by atoms with Gasteiger partial charge in [0.25, 0.3) is 0 Å². The Labute approximate surface area is 211 Å². The highest BCUT2D eigenvalue weighted by Gasteiger charge is 2.33. The maximum atomic E-state index is 13.4. The first-order valence-corrected chi connectivity index (χ1v) is 13.6. The van der Waals surface area contributed by atoms with Gasteiger partial charge < -0.3 is 26.4 Å². The summed E-state index contributed by atoms with van der Waals surface area (Å²) >= 11 is 1.50. The number of hydrogen-bond acceptors (Lipinski definition) is 6. The van der Waals surface area contributed by atoms with Crippen molar-refractivity contribution < 1.29 is 24.3 Å². The van der Waals surface area contributed by atoms with E-state index >= 15 is 0 Å². The van der Waals surface area contributed by atoms with Crippen LogP contribution in [0.3, 0.4) is 0 Å². The molecule has 5 unspecified atom stereocenters. The largest absolute Gasteiger partial charge is 0.480 e. The van der Waals surface area contributed by atoms with E-state index in [4.69, 9.17) is 0 Å². The van der Waals surface area contributed by atoms with E-state index in [9.17, 15) is 24.3 Å². The summed E-state index contributed by atoms with van der Waals surface area (Å²) in [7, 11) is 0. The third-order valence-corrected chi connectivity index (χ3v) is 6.95. The van der Waals surface area contributed by atoms with Gasteiger partial charge in [-0.05, 0) is 49.3 Å². The van der Waals surface area contributed by atoms with Gasteiger partial charge in [-0.25, -0.2) is 4.79 Å². The van der Waals surface area contributed by atoms with Crippen molar-refractivity contribution in [2.75, 3.05) is 18.6 Å². The average Bonchev–Trinajstić information content (AvgIpc) is 3.39. The number of benzene rings is 1. The van der Waals surface area contributed by atoms with E-state index in [0.717, 1.165) is 18.5 Å². The Hall–Kier alpha value is -2.59. The molecule has 9 nitrogen and oxygen atoms in total. The lowest BCUT2D eigenvalue weighted by Gasteiger charge is -2.28. The molecular weight excluding hydrogens is 468 g/mol. The minimum absolute atomic E-state index is 0.237. The Morgan fingerprint density at radius 2 is 1.80 bits per heavy atom. The number of carbonyl (C=O) groups is 4. The molecule has 5 atom stereocenters. The second kappa shape index (κ2) is 14.7. The van der Waals surface area contributed by atoms with Crippen LogP contribution in [-0.2, 0) is 25.6 Å². The van der Waals surface area contributed by atoms with Gasteiger partial charge in [0.1, 0.15) is 18.1 Å². The molecule has 0 aliphatic carbocycles. The molecule has 1 aliphatic rings. The third kappa shape index (κ3) is 9.18. The lowest BCUT2D eigenvalue weighted by molar-refractivity contribution is -0.142. The van der Waals surface area contributed by atoms with Gasteiger partial charge in [-0.15, -0.1) is 0 Å². The van der Waals surface area contributed by atoms with Gasteiger partial charge >= 0.3 is 5.97 Å². The van der Waals surface area contributed by atoms with Crippen molar-refractivity contribution in [3.63, 3.8) is 0 Å². The second-order valence-corrected chi connectivity index (χ2v) is 9.94. The van der Waals surface area contributed by atoms with Crippen molar-refractivity contribution in [3.8, 4) is 0 Å². The fourth-order valence-corrected chi connectivity index (χ4v) is 4.42. The SMILES string of the molecule is CCC(C)C(NC(=O)C(Cc1ccccc1)NC(=O)C1CCCN1)C(=O)NC(CCSC)C(=O)O. The zero-order valence-corrected chi connectivity index (χ0v) is 21.5. The molecule has 0 aromatic heterocycles. The Morgan fingerprint density at radius 3 is 2.37 bits per heavy atom. The summed E-state index contributed by atoms with van der Waals surface area (Å²) in [5, 5.41) is 20.9. The molecule has 0 saturated carbocycles. The molecule has 10 heteroatoms. The van der Waals surface area contributed by atoms with Crippen molar-refractivity contribution in [2.24, 2.45) is 5.92 Å². The number of hydrogen-bond donors (Lipinski definition) is 5. The molecule has 0 spiro atoms. The lowest BCUT2D eigenvalue weighted by atomic mass is 9.96. The van der Waals surface area contributed by atoms with Gasteiger partial charge in [0.2, 0.25) is 17.7 Å². The highest BCUT2D eigenvalue weighted by atomic mass is 32.2. The Balaban J connectivity index is 2.17. The Bertz CT molecular complexity index is 848. The van der Waals surface area contributed by atoms with Gasteiger partial charge in [0.15, 0.2) is 0 Å². The minimum atomic E-state index is -1.11. The smallest absolute Gasteiger partial charge is 0.326 e. The maximum Gasteiger partial charge on any atom is 0.326 e. The van der Waals surface area contributed by atoms with Gasteiger partial charge in [0, 0.05) is 6.42 Å². The molecule has 0 radical (unpaired) electrons. The van der Waals surface area contributed by atoms with Crippen LogP contribution < -0.4 is 21.3 Å². The number of carbonyl (C=O) groups excluding carboxylic acids is 3. The normalized spacial score (nSPS) is 18.7. The first kappa shape index (κ1) is 28.6. The zero-order chi connectivity index (χ0) is 25.8. The van der Waals surface area contributed by atoms with Crippen molar-refractivity contribution in [3.05, 3.63) is 35.9 Å². The van der Waals surface area contributed by atoms with Crippen LogP contribution in [0.2, 0.25) is 0 Å². The number of amides is 3. The molecule has 1 heterocycles. The summed E-state index contributed by atoms with van der Waals surface area (Å²) in [6, 6.07) is 6.17. The van der Waals surface area contributed by atoms with E-state index < -0.39 is 35.9 Å². The summed E-state index contributed by atoms with van der Waals surface area (Å²) in [5.74, 6) is -2.03. The molecule has 5 N–H and O–H groups in total. The lowest BCUT2D eigenvalue weighted by Crippen LogP contribution is -2.59. The minimum Gasteiger partial charge on any atom is -0.480 e. The number of aliphatic carboxylic acids is 1. The fraction of sp³-hybridized carbons (Fsp3) is 0.600. The monoisotopic (exact) mass is 506 g/mol. The van der Waals surface area contributed by atoms with Crippen molar-refractivity contribution in [1.29, 1.82) is 0 Å². The zero-order valence-electron chi connectivity index (χ0n) is 20.7. The van der Waals surface area contributed by atoms with Crippen molar-refractivity contribution in [2.45, 2.75) is 70.1 Å². The van der Waals surface area contributed by atoms with Crippen LogP contribution in [0.25, 0.3) is 0 Å². The first-order chi connectivity index (χ1) is 16.8. The number of thioether (sulfide) groups is 1. The summed E-state index contributed by atoms with van der Waals surface area (Å²) in [5.41, 5.74) is 0.875. The van der Waals surface area contributed by atoms with E-state index in [1.54, 1.807) is 0 Å². The van der Waals surface area contributed by atoms with Gasteiger partial charge in [-0.1, -0.05) is 50.6 Å². The summed E-state index contributed by atoms with van der Waals surface area (Å²) in [4.78, 5) is 50.9. The predicted octanol–water partition coefficient (Wildman–Crippen LogP) is 1.32. The quantitative estimate of drug-likeness (QED) is 0.257. The van der Waals surface area contributed by atoms with Gasteiger partial charge in [0.05, 0.1) is 6.04 Å². The van der Waals surface area contributed by atoms with Crippen LogP contribution in [0.4, 0.5) is 0 Å². The van der Waals surface area contributed by atoms with E-state index in [1.807, 2.05) is 50.4 Å². The topological polar surface area (TPSA) is 137 Å². The highest BCUT2D eigenvalue weighted by Crippen LogP contribution is 2.12. The standard InChI is InChI=1S/C25H38N4O5S/c1-4-16(2)21(24(32)27-19(25(33)34)12-14-35-3)29-23(31)20(15-17-9-6-5-7-10-17)28-22(30)18-11-8-13-26-18/h5-7,9-10,16,18-21,26H,4,8,11-15H2,1-3H3,(H,27,32)(H,28,30)(H,29,31)(H,33,34).